The Kier molecular flexibility index (Phi) is 2.30. The van der Waals surface area contributed by atoms with Gasteiger partial charge in [0.1, 0.15) is 6.10 Å². The lowest BCUT2D eigenvalue weighted by molar-refractivity contribution is -0.130. The number of carbonyl (C=O) groups is 1. The number of ether oxygens (including phenoxy) is 1. The largest absolute Gasteiger partial charge is 0.463 e. The molecule has 0 aromatic rings. The molecule has 2 fully saturated rings. The van der Waals surface area contributed by atoms with E-state index < -0.39 is 0 Å². The van der Waals surface area contributed by atoms with E-state index in [1.807, 2.05) is 6.08 Å². The third-order valence-corrected chi connectivity index (χ3v) is 3.52. The lowest BCUT2D eigenvalue weighted by Crippen LogP contribution is -1.98. The maximum atomic E-state index is 10.3. The standard InChI is InChI=1S/C12H15NO2/c1-12(2)10(11(12)15-7-14)5-9(6-13)8-3-4-8/h5,7-8,10-11H,3-4H2,1-2H3/b9-5+. The maximum Gasteiger partial charge on any atom is 0.293 e. The van der Waals surface area contributed by atoms with Crippen molar-refractivity contribution in [1.29, 1.82) is 5.26 Å². The van der Waals surface area contributed by atoms with Gasteiger partial charge in [0.25, 0.3) is 6.47 Å². The Morgan fingerprint density at radius 3 is 2.67 bits per heavy atom. The van der Waals surface area contributed by atoms with Crippen molar-refractivity contribution in [3.63, 3.8) is 0 Å². The second-order valence-corrected chi connectivity index (χ2v) is 5.01. The molecule has 2 aliphatic carbocycles. The Morgan fingerprint density at radius 1 is 1.53 bits per heavy atom. The molecule has 0 N–H and O–H groups in total. The van der Waals surface area contributed by atoms with Crippen LogP contribution in [0, 0.1) is 28.6 Å². The molecule has 0 aromatic carbocycles. The van der Waals surface area contributed by atoms with Gasteiger partial charge in [0, 0.05) is 16.9 Å². The average Bonchev–Trinajstić information content (AvgIpc) is 3.06. The number of hydrogen-bond donors (Lipinski definition) is 0. The molecule has 0 heterocycles. The minimum absolute atomic E-state index is 0.00208. The molecule has 3 nitrogen and oxygen atoms in total. The van der Waals surface area contributed by atoms with Gasteiger partial charge in [0.15, 0.2) is 0 Å². The highest BCUT2D eigenvalue weighted by molar-refractivity contribution is 5.41. The molecule has 2 atom stereocenters. The molecule has 2 rings (SSSR count). The van der Waals surface area contributed by atoms with Gasteiger partial charge in [-0.15, -0.1) is 0 Å². The first-order valence-electron chi connectivity index (χ1n) is 5.32. The van der Waals surface area contributed by atoms with Crippen LogP contribution in [0.5, 0.6) is 0 Å². The highest BCUT2D eigenvalue weighted by Gasteiger charge is 2.59. The molecule has 0 bridgehead atoms. The number of carbonyl (C=O) groups excluding carboxylic acids is 1. The Bertz CT molecular complexity index is 347. The van der Waals surface area contributed by atoms with Gasteiger partial charge in [-0.3, -0.25) is 4.79 Å². The van der Waals surface area contributed by atoms with Crippen LogP contribution in [-0.2, 0) is 9.53 Å². The van der Waals surface area contributed by atoms with Gasteiger partial charge in [-0.2, -0.15) is 5.26 Å². The number of nitriles is 1. The first-order valence-corrected chi connectivity index (χ1v) is 5.32. The normalized spacial score (nSPS) is 33.0. The molecular formula is C12H15NO2. The van der Waals surface area contributed by atoms with E-state index in [0.717, 1.165) is 18.4 Å². The zero-order chi connectivity index (χ0) is 11.1. The quantitative estimate of drug-likeness (QED) is 0.521. The maximum absolute atomic E-state index is 10.3. The van der Waals surface area contributed by atoms with Gasteiger partial charge in [-0.25, -0.2) is 0 Å². The minimum atomic E-state index is -0.0444. The third-order valence-electron chi connectivity index (χ3n) is 3.52. The van der Waals surface area contributed by atoms with Crippen LogP contribution in [0.2, 0.25) is 0 Å². The second-order valence-electron chi connectivity index (χ2n) is 5.01. The van der Waals surface area contributed by atoms with Gasteiger partial charge in [0.05, 0.1) is 6.07 Å². The van der Waals surface area contributed by atoms with E-state index in [-0.39, 0.29) is 17.4 Å². The molecule has 2 unspecified atom stereocenters. The smallest absolute Gasteiger partial charge is 0.293 e. The summed E-state index contributed by atoms with van der Waals surface area (Å²) in [6, 6.07) is 2.25. The van der Waals surface area contributed by atoms with E-state index in [9.17, 15) is 4.79 Å². The molecule has 80 valence electrons. The van der Waals surface area contributed by atoms with Gasteiger partial charge < -0.3 is 4.74 Å². The highest BCUT2D eigenvalue weighted by atomic mass is 16.5. The molecule has 2 aliphatic rings. The molecule has 0 saturated heterocycles. The van der Waals surface area contributed by atoms with E-state index in [1.54, 1.807) is 0 Å². The first kappa shape index (κ1) is 10.2. The third kappa shape index (κ3) is 1.77. The summed E-state index contributed by atoms with van der Waals surface area (Å²) in [6.07, 6.45) is 4.22. The van der Waals surface area contributed by atoms with Crippen LogP contribution < -0.4 is 0 Å². The molecule has 0 radical (unpaired) electrons. The Balaban J connectivity index is 2.06. The fraction of sp³-hybridized carbons (Fsp3) is 0.667. The highest BCUT2D eigenvalue weighted by Crippen LogP contribution is 2.56. The Labute approximate surface area is 89.7 Å². The van der Waals surface area contributed by atoms with Crippen molar-refractivity contribution in [2.24, 2.45) is 17.3 Å². The van der Waals surface area contributed by atoms with Gasteiger partial charge in [0.2, 0.25) is 0 Å². The van der Waals surface area contributed by atoms with Crippen LogP contribution in [0.4, 0.5) is 0 Å². The van der Waals surface area contributed by atoms with Crippen molar-refractivity contribution < 1.29 is 9.53 Å². The van der Waals surface area contributed by atoms with Gasteiger partial charge in [-0.1, -0.05) is 19.9 Å². The number of allylic oxidation sites excluding steroid dienone is 1. The number of hydrogen-bond acceptors (Lipinski definition) is 3. The molecule has 2 saturated carbocycles. The van der Waals surface area contributed by atoms with E-state index >= 15 is 0 Å². The molecule has 0 aromatic heterocycles. The molecule has 3 heteroatoms. The molecule has 0 aliphatic heterocycles. The monoisotopic (exact) mass is 205 g/mol. The predicted molar refractivity (Wildman–Crippen MR) is 54.6 cm³/mol. The fourth-order valence-corrected chi connectivity index (χ4v) is 2.10. The summed E-state index contributed by atoms with van der Waals surface area (Å²) in [6.45, 7) is 4.62. The topological polar surface area (TPSA) is 50.1 Å². The van der Waals surface area contributed by atoms with Crippen LogP contribution in [0.3, 0.4) is 0 Å². The van der Waals surface area contributed by atoms with Crippen LogP contribution in [0.1, 0.15) is 26.7 Å². The van der Waals surface area contributed by atoms with Crippen molar-refractivity contribution in [3.8, 4) is 6.07 Å². The minimum Gasteiger partial charge on any atom is -0.463 e. The summed E-state index contributed by atoms with van der Waals surface area (Å²) in [5, 5.41) is 8.97. The van der Waals surface area contributed by atoms with Gasteiger partial charge in [-0.05, 0) is 18.8 Å². The Morgan fingerprint density at radius 2 is 2.20 bits per heavy atom. The molecule has 0 spiro atoms. The van der Waals surface area contributed by atoms with Crippen LogP contribution in [-0.4, -0.2) is 12.6 Å². The first-order chi connectivity index (χ1) is 7.11. The van der Waals surface area contributed by atoms with Crippen molar-refractivity contribution in [1.82, 2.24) is 0 Å². The van der Waals surface area contributed by atoms with Crippen LogP contribution >= 0.6 is 0 Å². The summed E-state index contributed by atoms with van der Waals surface area (Å²) in [4.78, 5) is 10.3. The van der Waals surface area contributed by atoms with E-state index in [4.69, 9.17) is 10.00 Å². The number of nitrogens with zero attached hydrogens (tertiary/aromatic N) is 1. The molecule has 15 heavy (non-hydrogen) atoms. The van der Waals surface area contributed by atoms with Crippen molar-refractivity contribution in [3.05, 3.63) is 11.6 Å². The second kappa shape index (κ2) is 3.37. The Hall–Kier alpha value is -1.30. The molecule has 0 amide bonds. The lowest BCUT2D eigenvalue weighted by atomic mass is 10.1. The summed E-state index contributed by atoms with van der Waals surface area (Å²) < 4.78 is 4.99. The predicted octanol–water partition coefficient (Wildman–Crippen LogP) is 2.04. The summed E-state index contributed by atoms with van der Waals surface area (Å²) in [5.41, 5.74) is 0.878. The summed E-state index contributed by atoms with van der Waals surface area (Å²) >= 11 is 0. The van der Waals surface area contributed by atoms with E-state index in [0.29, 0.717) is 12.4 Å². The van der Waals surface area contributed by atoms with Crippen molar-refractivity contribution >= 4 is 6.47 Å². The average molecular weight is 205 g/mol. The van der Waals surface area contributed by atoms with E-state index in [1.165, 1.54) is 0 Å². The van der Waals surface area contributed by atoms with Gasteiger partial charge >= 0.3 is 0 Å². The number of rotatable bonds is 4. The summed E-state index contributed by atoms with van der Waals surface area (Å²) in [7, 11) is 0. The molecular weight excluding hydrogens is 190 g/mol. The van der Waals surface area contributed by atoms with Crippen molar-refractivity contribution in [2.45, 2.75) is 32.8 Å². The zero-order valence-corrected chi connectivity index (χ0v) is 9.06. The zero-order valence-electron chi connectivity index (χ0n) is 9.06. The van der Waals surface area contributed by atoms with E-state index in [2.05, 4.69) is 19.9 Å². The van der Waals surface area contributed by atoms with Crippen LogP contribution in [0.25, 0.3) is 0 Å². The fourth-order valence-electron chi connectivity index (χ4n) is 2.10. The van der Waals surface area contributed by atoms with Crippen LogP contribution in [0.15, 0.2) is 11.6 Å². The van der Waals surface area contributed by atoms with Crippen molar-refractivity contribution in [2.75, 3.05) is 0 Å². The SMILES string of the molecule is CC1(C)C(/C=C(\C#N)C2CC2)C1OC=O. The lowest BCUT2D eigenvalue weighted by Gasteiger charge is -1.97. The summed E-state index contributed by atoms with van der Waals surface area (Å²) in [5.74, 6) is 0.696.